The second kappa shape index (κ2) is 3.61. The summed E-state index contributed by atoms with van der Waals surface area (Å²) in [5.41, 5.74) is 5.15. The normalized spacial score (nSPS) is 14.1. The third-order valence-electron chi connectivity index (χ3n) is 2.13. The minimum atomic E-state index is -3.19. The predicted octanol–water partition coefficient (Wildman–Crippen LogP) is 2.57. The zero-order chi connectivity index (χ0) is 10.9. The zero-order valence-electron chi connectivity index (χ0n) is 8.02. The molecule has 0 aliphatic carbocycles. The quantitative estimate of drug-likeness (QED) is 0.785. The first-order valence-electron chi connectivity index (χ1n) is 4.25. The maximum atomic E-state index is 13.4. The lowest BCUT2D eigenvalue weighted by atomic mass is 9.98. The van der Waals surface area contributed by atoms with Crippen molar-refractivity contribution in [3.05, 3.63) is 35.1 Å². The molecule has 0 bridgehead atoms. The summed E-state index contributed by atoms with van der Waals surface area (Å²) in [4.78, 5) is 0. The minimum absolute atomic E-state index is 0.340. The van der Waals surface area contributed by atoms with Crippen LogP contribution in [0.1, 0.15) is 18.1 Å². The van der Waals surface area contributed by atoms with Crippen LogP contribution in [0.4, 0.5) is 13.2 Å². The first kappa shape index (κ1) is 11.0. The van der Waals surface area contributed by atoms with Crippen LogP contribution in [0.15, 0.2) is 18.2 Å². The van der Waals surface area contributed by atoms with Gasteiger partial charge in [-0.25, -0.2) is 4.39 Å². The Morgan fingerprint density at radius 1 is 1.36 bits per heavy atom. The Hall–Kier alpha value is -1.03. The molecule has 2 N–H and O–H groups in total. The highest BCUT2D eigenvalue weighted by atomic mass is 19.3. The highest BCUT2D eigenvalue weighted by Crippen LogP contribution is 2.33. The summed E-state index contributed by atoms with van der Waals surface area (Å²) < 4.78 is 39.6. The molecule has 14 heavy (non-hydrogen) atoms. The summed E-state index contributed by atoms with van der Waals surface area (Å²) in [5, 5.41) is 0. The fourth-order valence-electron chi connectivity index (χ4n) is 1.20. The molecule has 0 aromatic heterocycles. The van der Waals surface area contributed by atoms with Crippen LogP contribution in [0.2, 0.25) is 0 Å². The van der Waals surface area contributed by atoms with E-state index in [1.807, 2.05) is 0 Å². The number of benzene rings is 1. The van der Waals surface area contributed by atoms with Crippen molar-refractivity contribution in [2.24, 2.45) is 5.73 Å². The van der Waals surface area contributed by atoms with E-state index in [1.165, 1.54) is 19.9 Å². The van der Waals surface area contributed by atoms with Crippen LogP contribution in [0.5, 0.6) is 0 Å². The Balaban J connectivity index is 3.24. The average Bonchev–Trinajstić information content (AvgIpc) is 2.08. The molecule has 0 aliphatic heterocycles. The van der Waals surface area contributed by atoms with Gasteiger partial charge in [-0.15, -0.1) is 0 Å². The number of alkyl halides is 2. The largest absolute Gasteiger partial charge is 0.323 e. The van der Waals surface area contributed by atoms with Crippen molar-refractivity contribution < 1.29 is 13.2 Å². The van der Waals surface area contributed by atoms with Gasteiger partial charge < -0.3 is 5.73 Å². The van der Waals surface area contributed by atoms with Crippen LogP contribution >= 0.6 is 0 Å². The van der Waals surface area contributed by atoms with Gasteiger partial charge in [-0.1, -0.05) is 6.07 Å². The van der Waals surface area contributed by atoms with Crippen molar-refractivity contribution in [1.29, 1.82) is 0 Å². The van der Waals surface area contributed by atoms with Gasteiger partial charge in [0, 0.05) is 5.56 Å². The molecule has 0 aliphatic rings. The summed E-state index contributed by atoms with van der Waals surface area (Å²) in [6.45, 7) is 2.70. The summed E-state index contributed by atoms with van der Waals surface area (Å²) in [7, 11) is 0. The van der Waals surface area contributed by atoms with Crippen molar-refractivity contribution >= 4 is 0 Å². The predicted molar refractivity (Wildman–Crippen MR) is 48.7 cm³/mol. The molecule has 0 radical (unpaired) electrons. The van der Waals surface area contributed by atoms with Gasteiger partial charge >= 0.3 is 0 Å². The van der Waals surface area contributed by atoms with Gasteiger partial charge in [-0.05, 0) is 31.5 Å². The Labute approximate surface area is 80.7 Å². The molecule has 1 atom stereocenters. The summed E-state index contributed by atoms with van der Waals surface area (Å²) in [6.07, 6.45) is 0. The molecule has 1 nitrogen and oxygen atoms in total. The maximum Gasteiger partial charge on any atom is 0.288 e. The maximum absolute atomic E-state index is 13.4. The smallest absolute Gasteiger partial charge is 0.288 e. The van der Waals surface area contributed by atoms with E-state index in [9.17, 15) is 13.2 Å². The van der Waals surface area contributed by atoms with Crippen molar-refractivity contribution in [3.63, 3.8) is 0 Å². The van der Waals surface area contributed by atoms with Crippen LogP contribution in [0.3, 0.4) is 0 Å². The van der Waals surface area contributed by atoms with Crippen LogP contribution in [0, 0.1) is 12.7 Å². The van der Waals surface area contributed by atoms with Gasteiger partial charge in [-0.3, -0.25) is 0 Å². The molecule has 78 valence electrons. The number of halogens is 3. The molecule has 0 heterocycles. The lowest BCUT2D eigenvalue weighted by Crippen LogP contribution is -2.36. The van der Waals surface area contributed by atoms with Gasteiger partial charge in [0.1, 0.15) is 5.82 Å². The van der Waals surface area contributed by atoms with Crippen LogP contribution in [-0.4, -0.2) is 6.04 Å². The van der Waals surface area contributed by atoms with E-state index >= 15 is 0 Å². The second-order valence-electron chi connectivity index (χ2n) is 3.37. The number of hydrogen-bond donors (Lipinski definition) is 1. The van der Waals surface area contributed by atoms with Crippen molar-refractivity contribution in [3.8, 4) is 0 Å². The number of aryl methyl sites for hydroxylation is 1. The van der Waals surface area contributed by atoms with Crippen LogP contribution in [-0.2, 0) is 5.92 Å². The Morgan fingerprint density at radius 3 is 2.43 bits per heavy atom. The molecule has 4 heteroatoms. The van der Waals surface area contributed by atoms with E-state index in [0.29, 0.717) is 5.56 Å². The molecule has 1 unspecified atom stereocenters. The molecule has 0 saturated carbocycles. The van der Waals surface area contributed by atoms with E-state index in [4.69, 9.17) is 5.73 Å². The Kier molecular flexibility index (Phi) is 2.85. The van der Waals surface area contributed by atoms with E-state index < -0.39 is 17.8 Å². The monoisotopic (exact) mass is 203 g/mol. The summed E-state index contributed by atoms with van der Waals surface area (Å²) in [5.74, 6) is -3.86. The molecule has 0 fully saturated rings. The molecule has 0 saturated heterocycles. The van der Waals surface area contributed by atoms with Crippen LogP contribution < -0.4 is 5.73 Å². The van der Waals surface area contributed by atoms with Crippen LogP contribution in [0.25, 0.3) is 0 Å². The fourth-order valence-corrected chi connectivity index (χ4v) is 1.20. The molecule has 0 amide bonds. The molecule has 1 aromatic rings. The highest BCUT2D eigenvalue weighted by molar-refractivity contribution is 5.31. The van der Waals surface area contributed by atoms with E-state index in [0.717, 1.165) is 12.1 Å². The van der Waals surface area contributed by atoms with Crippen molar-refractivity contribution in [2.45, 2.75) is 25.8 Å². The van der Waals surface area contributed by atoms with Gasteiger partial charge in [-0.2, -0.15) is 8.78 Å². The Morgan fingerprint density at radius 2 is 1.93 bits per heavy atom. The standard InChI is InChI=1S/C10H12F3N/c1-6-3-4-8(11)5-9(6)10(12,13)7(2)14/h3-5,7H,14H2,1-2H3. The molecule has 1 aromatic carbocycles. The van der Waals surface area contributed by atoms with Crippen molar-refractivity contribution in [1.82, 2.24) is 0 Å². The average molecular weight is 203 g/mol. The zero-order valence-corrected chi connectivity index (χ0v) is 8.02. The van der Waals surface area contributed by atoms with E-state index in [-0.39, 0.29) is 5.56 Å². The molecular formula is C10H12F3N. The van der Waals surface area contributed by atoms with Gasteiger partial charge in [0.15, 0.2) is 0 Å². The molecule has 1 rings (SSSR count). The van der Waals surface area contributed by atoms with E-state index in [2.05, 4.69) is 0 Å². The molecule has 0 spiro atoms. The van der Waals surface area contributed by atoms with Gasteiger partial charge in [0.05, 0.1) is 6.04 Å². The number of nitrogens with two attached hydrogens (primary N) is 1. The second-order valence-corrected chi connectivity index (χ2v) is 3.37. The highest BCUT2D eigenvalue weighted by Gasteiger charge is 2.37. The summed E-state index contributed by atoms with van der Waals surface area (Å²) in [6, 6.07) is 1.97. The first-order chi connectivity index (χ1) is 6.35. The first-order valence-corrected chi connectivity index (χ1v) is 4.25. The van der Waals surface area contributed by atoms with E-state index in [1.54, 1.807) is 0 Å². The third-order valence-corrected chi connectivity index (χ3v) is 2.13. The summed E-state index contributed by atoms with van der Waals surface area (Å²) >= 11 is 0. The topological polar surface area (TPSA) is 26.0 Å². The number of rotatable bonds is 2. The SMILES string of the molecule is Cc1ccc(F)cc1C(F)(F)C(C)N. The van der Waals surface area contributed by atoms with Gasteiger partial charge in [0.25, 0.3) is 5.92 Å². The van der Waals surface area contributed by atoms with Gasteiger partial charge in [0.2, 0.25) is 0 Å². The third kappa shape index (κ3) is 1.90. The fraction of sp³-hybridized carbons (Fsp3) is 0.400. The Bertz CT molecular complexity index is 334. The minimum Gasteiger partial charge on any atom is -0.323 e. The van der Waals surface area contributed by atoms with Crippen molar-refractivity contribution in [2.75, 3.05) is 0 Å². The number of hydrogen-bond acceptors (Lipinski definition) is 1. The lowest BCUT2D eigenvalue weighted by molar-refractivity contribution is -0.0264. The lowest BCUT2D eigenvalue weighted by Gasteiger charge is -2.22. The molecular weight excluding hydrogens is 191 g/mol.